The Hall–Kier alpha value is -2.01. The average molecular weight is 426 g/mol. The highest BCUT2D eigenvalue weighted by Gasteiger charge is 2.55. The third-order valence-corrected chi connectivity index (χ3v) is 8.86. The van der Waals surface area contributed by atoms with E-state index in [-0.39, 0.29) is 35.2 Å². The number of benzene rings is 1. The lowest BCUT2D eigenvalue weighted by Gasteiger charge is -2.50. The Bertz CT molecular complexity index is 911. The first-order valence-corrected chi connectivity index (χ1v) is 11.8. The maximum absolute atomic E-state index is 13.0. The Balaban J connectivity index is 1.36. The van der Waals surface area contributed by atoms with E-state index in [4.69, 9.17) is 9.47 Å². The predicted octanol–water partition coefficient (Wildman–Crippen LogP) is 4.63. The van der Waals surface area contributed by atoms with Crippen LogP contribution in [0.2, 0.25) is 0 Å². The number of hydrogen-bond donors (Lipinski definition) is 1. The van der Waals surface area contributed by atoms with Gasteiger partial charge in [0, 0.05) is 25.0 Å². The molecule has 1 aromatic rings. The van der Waals surface area contributed by atoms with Gasteiger partial charge in [-0.1, -0.05) is 19.1 Å². The first-order valence-electron chi connectivity index (χ1n) is 11.8. The van der Waals surface area contributed by atoms with E-state index >= 15 is 0 Å². The summed E-state index contributed by atoms with van der Waals surface area (Å²) in [6.07, 6.45) is 6.52. The molecule has 1 saturated heterocycles. The standard InChI is InChI=1S/C26H35NO4/c1-15-6-5-8-26(3)13-24-19(11-21(15)26)20(25(29)31-24)14-27-9-7-17-10-22(28)23(30-4)12-18(17)16(27)2/h10,12,16,19-21,24,28H,1,5-9,11,13-14H2,2-4H3/t16-,19-,20-,21-,24+,26+/m0/s1. The van der Waals surface area contributed by atoms with E-state index in [0.717, 1.165) is 38.8 Å². The third kappa shape index (κ3) is 3.36. The van der Waals surface area contributed by atoms with Crippen LogP contribution < -0.4 is 4.74 Å². The number of esters is 1. The predicted molar refractivity (Wildman–Crippen MR) is 119 cm³/mol. The van der Waals surface area contributed by atoms with Crippen LogP contribution in [0.25, 0.3) is 0 Å². The monoisotopic (exact) mass is 425 g/mol. The van der Waals surface area contributed by atoms with Gasteiger partial charge < -0.3 is 14.6 Å². The van der Waals surface area contributed by atoms with E-state index in [1.54, 1.807) is 7.11 Å². The highest BCUT2D eigenvalue weighted by molar-refractivity contribution is 5.75. The maximum atomic E-state index is 13.0. The SMILES string of the molecule is C=C1CCC[C@]2(C)C[C@H]3OC(=O)[C@@H](CN4CCc5cc(O)c(OC)cc5[C@@H]4C)[C@@H]3C[C@@H]12. The van der Waals surface area contributed by atoms with Gasteiger partial charge in [0.2, 0.25) is 0 Å². The number of allylic oxidation sites excluding steroid dienone is 1. The van der Waals surface area contributed by atoms with Crippen LogP contribution >= 0.6 is 0 Å². The van der Waals surface area contributed by atoms with Gasteiger partial charge in [-0.2, -0.15) is 0 Å². The fraction of sp³-hybridized carbons (Fsp3) is 0.654. The van der Waals surface area contributed by atoms with Crippen molar-refractivity contribution in [2.24, 2.45) is 23.2 Å². The van der Waals surface area contributed by atoms with Crippen LogP contribution in [-0.4, -0.2) is 42.3 Å². The molecule has 5 nitrogen and oxygen atoms in total. The fourth-order valence-corrected chi connectivity index (χ4v) is 7.02. The Morgan fingerprint density at radius 1 is 1.35 bits per heavy atom. The number of aromatic hydroxyl groups is 1. The topological polar surface area (TPSA) is 59.0 Å². The van der Waals surface area contributed by atoms with Crippen molar-refractivity contribution >= 4 is 5.97 Å². The van der Waals surface area contributed by atoms with Crippen molar-refractivity contribution in [1.82, 2.24) is 4.90 Å². The first kappa shape index (κ1) is 20.9. The highest BCUT2D eigenvalue weighted by Crippen LogP contribution is 2.57. The van der Waals surface area contributed by atoms with Crippen LogP contribution in [0.1, 0.15) is 63.1 Å². The number of rotatable bonds is 3. The molecule has 2 heterocycles. The first-order chi connectivity index (χ1) is 14.8. The summed E-state index contributed by atoms with van der Waals surface area (Å²) in [6.45, 7) is 10.6. The molecule has 3 fully saturated rings. The number of hydrogen-bond acceptors (Lipinski definition) is 5. The van der Waals surface area contributed by atoms with E-state index in [2.05, 4.69) is 25.3 Å². The molecule has 2 saturated carbocycles. The van der Waals surface area contributed by atoms with Gasteiger partial charge in [0.05, 0.1) is 13.0 Å². The normalized spacial score (nSPS) is 37.6. The number of ether oxygens (including phenoxy) is 2. The molecule has 0 radical (unpaired) electrons. The molecule has 6 atom stereocenters. The van der Waals surface area contributed by atoms with E-state index < -0.39 is 0 Å². The molecular weight excluding hydrogens is 390 g/mol. The summed E-state index contributed by atoms with van der Waals surface area (Å²) in [6, 6.07) is 3.96. The van der Waals surface area contributed by atoms with Gasteiger partial charge in [-0.05, 0) is 80.0 Å². The van der Waals surface area contributed by atoms with Crippen molar-refractivity contribution in [1.29, 1.82) is 0 Å². The molecule has 2 aliphatic heterocycles. The zero-order valence-corrected chi connectivity index (χ0v) is 19.0. The van der Waals surface area contributed by atoms with Crippen molar-refractivity contribution in [2.45, 2.75) is 64.5 Å². The number of carbonyl (C=O) groups is 1. The lowest BCUT2D eigenvalue weighted by Crippen LogP contribution is -2.46. The zero-order chi connectivity index (χ0) is 21.9. The van der Waals surface area contributed by atoms with Gasteiger partial charge in [0.25, 0.3) is 0 Å². The second-order valence-electron chi connectivity index (χ2n) is 10.5. The van der Waals surface area contributed by atoms with E-state index in [1.807, 2.05) is 12.1 Å². The van der Waals surface area contributed by atoms with Crippen LogP contribution in [0, 0.1) is 23.2 Å². The number of fused-ring (bicyclic) bond motifs is 3. The highest BCUT2D eigenvalue weighted by atomic mass is 16.6. The van der Waals surface area contributed by atoms with Crippen molar-refractivity contribution in [3.63, 3.8) is 0 Å². The summed E-state index contributed by atoms with van der Waals surface area (Å²) in [5.41, 5.74) is 3.97. The molecule has 4 aliphatic rings. The molecule has 5 heteroatoms. The molecule has 31 heavy (non-hydrogen) atoms. The van der Waals surface area contributed by atoms with E-state index in [9.17, 15) is 9.90 Å². The van der Waals surface area contributed by atoms with Crippen molar-refractivity contribution in [3.05, 3.63) is 35.4 Å². The molecular formula is C26H35NO4. The zero-order valence-electron chi connectivity index (χ0n) is 19.0. The van der Waals surface area contributed by atoms with Gasteiger partial charge in [0.1, 0.15) is 6.10 Å². The maximum Gasteiger partial charge on any atom is 0.310 e. The smallest absolute Gasteiger partial charge is 0.310 e. The van der Waals surface area contributed by atoms with Gasteiger partial charge in [0.15, 0.2) is 11.5 Å². The minimum absolute atomic E-state index is 0.0101. The summed E-state index contributed by atoms with van der Waals surface area (Å²) >= 11 is 0. The molecule has 168 valence electrons. The lowest BCUT2D eigenvalue weighted by molar-refractivity contribution is -0.146. The van der Waals surface area contributed by atoms with Crippen molar-refractivity contribution < 1.29 is 19.4 Å². The van der Waals surface area contributed by atoms with E-state index in [0.29, 0.717) is 17.6 Å². The van der Waals surface area contributed by atoms with Crippen molar-refractivity contribution in [2.75, 3.05) is 20.2 Å². The molecule has 0 amide bonds. The summed E-state index contributed by atoms with van der Waals surface area (Å²) in [7, 11) is 1.58. The largest absolute Gasteiger partial charge is 0.504 e. The van der Waals surface area contributed by atoms with Gasteiger partial charge >= 0.3 is 5.97 Å². The Labute approximate surface area is 185 Å². The minimum atomic E-state index is -0.0627. The molecule has 0 aromatic heterocycles. The van der Waals surface area contributed by atoms with Crippen LogP contribution in [0.15, 0.2) is 24.3 Å². The molecule has 0 bridgehead atoms. The Morgan fingerprint density at radius 2 is 2.16 bits per heavy atom. The fourth-order valence-electron chi connectivity index (χ4n) is 7.02. The summed E-state index contributed by atoms with van der Waals surface area (Å²) < 4.78 is 11.3. The molecule has 0 spiro atoms. The van der Waals surface area contributed by atoms with Gasteiger partial charge in [-0.15, -0.1) is 0 Å². The quantitative estimate of drug-likeness (QED) is 0.565. The summed E-state index contributed by atoms with van der Waals surface area (Å²) in [4.78, 5) is 15.4. The lowest BCUT2D eigenvalue weighted by atomic mass is 9.55. The van der Waals surface area contributed by atoms with Crippen molar-refractivity contribution in [3.8, 4) is 11.5 Å². The molecule has 5 rings (SSSR count). The Kier molecular flexibility index (Phi) is 5.08. The average Bonchev–Trinajstić information content (AvgIpc) is 3.02. The summed E-state index contributed by atoms with van der Waals surface area (Å²) in [5, 5.41) is 10.1. The van der Waals surface area contributed by atoms with Crippen LogP contribution in [0.4, 0.5) is 0 Å². The molecule has 0 unspecified atom stereocenters. The third-order valence-electron chi connectivity index (χ3n) is 8.86. The van der Waals surface area contributed by atoms with Gasteiger partial charge in [-0.3, -0.25) is 9.69 Å². The number of phenols is 1. The number of nitrogens with zero attached hydrogens (tertiary/aromatic N) is 1. The summed E-state index contributed by atoms with van der Waals surface area (Å²) in [5.74, 6) is 1.45. The number of phenolic OH excluding ortho intramolecular Hbond substituents is 1. The van der Waals surface area contributed by atoms with Gasteiger partial charge in [-0.25, -0.2) is 0 Å². The van der Waals surface area contributed by atoms with Crippen LogP contribution in [0.3, 0.4) is 0 Å². The minimum Gasteiger partial charge on any atom is -0.504 e. The van der Waals surface area contributed by atoms with Crippen LogP contribution in [-0.2, 0) is 16.0 Å². The van der Waals surface area contributed by atoms with Crippen LogP contribution in [0.5, 0.6) is 11.5 Å². The van der Waals surface area contributed by atoms with E-state index in [1.165, 1.54) is 29.5 Å². The molecule has 2 aliphatic carbocycles. The number of methoxy groups -OCH3 is 1. The number of carbonyl (C=O) groups excluding carboxylic acids is 1. The molecule has 1 N–H and O–H groups in total. The molecule has 1 aromatic carbocycles. The second-order valence-corrected chi connectivity index (χ2v) is 10.5. The Morgan fingerprint density at radius 3 is 2.94 bits per heavy atom. The second kappa shape index (κ2) is 7.54.